The van der Waals surface area contributed by atoms with Crippen LogP contribution in [-0.4, -0.2) is 60.0 Å². The average Bonchev–Trinajstić information content (AvgIpc) is 3.69. The van der Waals surface area contributed by atoms with Crippen molar-refractivity contribution in [3.63, 3.8) is 0 Å². The number of ether oxygens (including phenoxy) is 2. The lowest BCUT2D eigenvalue weighted by Crippen LogP contribution is -2.77. The van der Waals surface area contributed by atoms with Gasteiger partial charge in [-0.1, -0.05) is 72.5 Å². The molecule has 314 valence electrons. The molecule has 3 spiro atoms. The topological polar surface area (TPSA) is 85.1 Å². The molecule has 1 saturated carbocycles. The zero-order chi connectivity index (χ0) is 40.3. The minimum absolute atomic E-state index is 0.0469. The SMILES string of the molecule is CC1CC2=C3C4C5=C6CC(Cc7cccc(c7)CCCCC7C68C(=O)OC(=CCC(C)N6CC9CC(C6)C(CC2)N3C9)C8(CC5)C72OC(=O)c3c(CCCN)cccc32)C14. The van der Waals surface area contributed by atoms with Gasteiger partial charge in [-0.2, -0.15) is 0 Å². The van der Waals surface area contributed by atoms with E-state index < -0.39 is 16.4 Å². The van der Waals surface area contributed by atoms with E-state index in [2.05, 4.69) is 72.2 Å². The lowest BCUT2D eigenvalue weighted by Gasteiger charge is -2.72. The average molecular weight is 806 g/mol. The Labute approximate surface area is 356 Å². The highest BCUT2D eigenvalue weighted by molar-refractivity contribution is 6.00. The number of hydrogen-bond acceptors (Lipinski definition) is 7. The number of nitrogens with zero attached hydrogens (tertiary/aromatic N) is 2. The van der Waals surface area contributed by atoms with Crippen molar-refractivity contribution in [3.8, 4) is 0 Å². The molecule has 0 aromatic heterocycles. The van der Waals surface area contributed by atoms with E-state index in [-0.39, 0.29) is 17.9 Å². The first kappa shape index (κ1) is 36.9. The standard InChI is InChI=1S/C53H63N3O4/c1-30-22-36-16-17-42-38-25-34-27-55(29-38)31(2)15-18-44-51-20-19-39-41-26-37(45(30)47(39)48(36)56(42)28-34)24-33-10-5-9-32(23-33)8-3-4-14-43(52(41,51)50(58)59-44)53(51)40-13-6-11-35(12-7-21-54)46(40)49(57)60-53/h5-6,9-11,13,18,23,30-31,34,37-38,42-43,45,47H,3-4,7-8,12,14-17,19-22,24-29,54H2,1-2H3. The van der Waals surface area contributed by atoms with Gasteiger partial charge in [0.15, 0.2) is 5.60 Å². The molecular weight excluding hydrogens is 743 g/mol. The molecule has 4 fully saturated rings. The number of carbonyl (C=O) groups is 2. The fourth-order valence-electron chi connectivity index (χ4n) is 17.4. The highest BCUT2D eigenvalue weighted by Crippen LogP contribution is 2.87. The van der Waals surface area contributed by atoms with Crippen molar-refractivity contribution < 1.29 is 19.1 Å². The van der Waals surface area contributed by atoms with Gasteiger partial charge in [-0.3, -0.25) is 9.69 Å². The molecule has 9 aliphatic heterocycles. The summed E-state index contributed by atoms with van der Waals surface area (Å²) in [6.07, 6.45) is 17.3. The number of piperidine rings is 2. The van der Waals surface area contributed by atoms with Gasteiger partial charge in [0, 0.05) is 54.8 Å². The monoisotopic (exact) mass is 805 g/mol. The van der Waals surface area contributed by atoms with Gasteiger partial charge in [0.2, 0.25) is 0 Å². The van der Waals surface area contributed by atoms with Crippen LogP contribution in [0.25, 0.3) is 0 Å². The third kappa shape index (κ3) is 4.45. The van der Waals surface area contributed by atoms with Gasteiger partial charge >= 0.3 is 11.9 Å². The molecule has 16 rings (SSSR count). The van der Waals surface area contributed by atoms with E-state index in [9.17, 15) is 4.79 Å². The first-order valence-corrected chi connectivity index (χ1v) is 24.3. The highest BCUT2D eigenvalue weighted by atomic mass is 16.6. The number of esters is 2. The van der Waals surface area contributed by atoms with E-state index in [0.29, 0.717) is 54.1 Å². The van der Waals surface area contributed by atoms with Crippen LogP contribution in [0, 0.1) is 52.3 Å². The number of fused-ring (bicyclic) bond motifs is 7. The highest BCUT2D eigenvalue weighted by Gasteiger charge is 2.92. The molecule has 2 N–H and O–H groups in total. The summed E-state index contributed by atoms with van der Waals surface area (Å²) in [7, 11) is 0. The van der Waals surface area contributed by atoms with Crippen molar-refractivity contribution in [1.29, 1.82) is 0 Å². The van der Waals surface area contributed by atoms with Crippen molar-refractivity contribution in [2.24, 2.45) is 58.0 Å². The summed E-state index contributed by atoms with van der Waals surface area (Å²) < 4.78 is 14.3. The van der Waals surface area contributed by atoms with Gasteiger partial charge in [-0.25, -0.2) is 4.79 Å². The van der Waals surface area contributed by atoms with Crippen molar-refractivity contribution in [3.05, 3.63) is 105 Å². The Morgan fingerprint density at radius 1 is 0.917 bits per heavy atom. The van der Waals surface area contributed by atoms with Crippen LogP contribution in [-0.2, 0) is 39.1 Å². The van der Waals surface area contributed by atoms with Crippen LogP contribution in [0.4, 0.5) is 0 Å². The first-order valence-electron chi connectivity index (χ1n) is 24.3. The lowest BCUT2D eigenvalue weighted by atomic mass is 9.28. The van der Waals surface area contributed by atoms with Crippen LogP contribution in [0.5, 0.6) is 0 Å². The smallest absolute Gasteiger partial charge is 0.339 e. The van der Waals surface area contributed by atoms with Crippen LogP contribution in [0.1, 0.15) is 124 Å². The molecule has 7 nitrogen and oxygen atoms in total. The Balaban J connectivity index is 1.10. The summed E-state index contributed by atoms with van der Waals surface area (Å²) in [4.78, 5) is 36.5. The number of benzene rings is 2. The van der Waals surface area contributed by atoms with E-state index in [1.165, 1.54) is 48.9 Å². The summed E-state index contributed by atoms with van der Waals surface area (Å²) in [5.41, 5.74) is 15.6. The molecular formula is C53H63N3O4. The third-order valence-electron chi connectivity index (χ3n) is 19.2. The van der Waals surface area contributed by atoms with Crippen LogP contribution in [0.2, 0.25) is 0 Å². The van der Waals surface area contributed by atoms with Crippen molar-refractivity contribution in [2.45, 2.75) is 128 Å². The largest absolute Gasteiger partial charge is 0.449 e. The second kappa shape index (κ2) is 12.9. The van der Waals surface area contributed by atoms with Crippen LogP contribution in [0.3, 0.4) is 0 Å². The lowest BCUT2D eigenvalue weighted by molar-refractivity contribution is -0.278. The molecule has 7 heteroatoms. The van der Waals surface area contributed by atoms with Gasteiger partial charge in [0.05, 0.1) is 11.0 Å². The molecule has 0 radical (unpaired) electrons. The molecule has 2 aromatic rings. The van der Waals surface area contributed by atoms with Crippen molar-refractivity contribution in [2.75, 3.05) is 26.2 Å². The molecule has 3 saturated heterocycles. The number of nitrogens with two attached hydrogens (primary N) is 1. The predicted octanol–water partition coefficient (Wildman–Crippen LogP) is 8.80. The predicted molar refractivity (Wildman–Crippen MR) is 230 cm³/mol. The van der Waals surface area contributed by atoms with Crippen LogP contribution >= 0.6 is 0 Å². The van der Waals surface area contributed by atoms with E-state index in [0.717, 1.165) is 106 Å². The minimum atomic E-state index is -0.961. The fraction of sp³-hybridized carbons (Fsp3) is 0.623. The molecule has 14 aliphatic rings. The van der Waals surface area contributed by atoms with Gasteiger partial charge in [0.25, 0.3) is 0 Å². The zero-order valence-electron chi connectivity index (χ0n) is 35.9. The van der Waals surface area contributed by atoms with Gasteiger partial charge < -0.3 is 20.1 Å². The molecule has 15 bridgehead atoms. The molecule has 0 amide bonds. The maximum atomic E-state index is 15.9. The maximum absolute atomic E-state index is 15.9. The second-order valence-corrected chi connectivity index (χ2v) is 21.7. The molecule has 13 unspecified atom stereocenters. The Hall–Kier alpha value is -3.68. The van der Waals surface area contributed by atoms with Gasteiger partial charge in [-0.15, -0.1) is 0 Å². The summed E-state index contributed by atoms with van der Waals surface area (Å²) in [6, 6.07) is 16.9. The van der Waals surface area contributed by atoms with Gasteiger partial charge in [-0.05, 0) is 156 Å². The molecule has 2 aromatic carbocycles. The third-order valence-corrected chi connectivity index (χ3v) is 19.2. The minimum Gasteiger partial charge on any atom is -0.449 e. The summed E-state index contributed by atoms with van der Waals surface area (Å²) in [6.45, 7) is 9.04. The summed E-state index contributed by atoms with van der Waals surface area (Å²) >= 11 is 0. The summed E-state index contributed by atoms with van der Waals surface area (Å²) in [5, 5.41) is 0. The molecule has 60 heavy (non-hydrogen) atoms. The van der Waals surface area contributed by atoms with E-state index in [1.54, 1.807) is 16.8 Å². The van der Waals surface area contributed by atoms with E-state index in [4.69, 9.17) is 15.2 Å². The Morgan fingerprint density at radius 3 is 2.70 bits per heavy atom. The van der Waals surface area contributed by atoms with E-state index in [1.807, 2.05) is 0 Å². The van der Waals surface area contributed by atoms with Crippen molar-refractivity contribution >= 4 is 11.9 Å². The normalized spacial score (nSPS) is 42.9. The molecule has 5 aliphatic carbocycles. The Morgan fingerprint density at radius 2 is 1.80 bits per heavy atom. The Kier molecular flexibility index (Phi) is 7.96. The number of rotatable bonds is 3. The second-order valence-electron chi connectivity index (χ2n) is 21.7. The fourth-order valence-corrected chi connectivity index (χ4v) is 17.4. The van der Waals surface area contributed by atoms with Crippen LogP contribution in [0.15, 0.2) is 76.7 Å². The number of allylic oxidation sites excluding steroid dienone is 2. The Bertz CT molecular complexity index is 2330. The van der Waals surface area contributed by atoms with Crippen LogP contribution < -0.4 is 5.73 Å². The molecule has 9 heterocycles. The van der Waals surface area contributed by atoms with Crippen molar-refractivity contribution in [1.82, 2.24) is 9.80 Å². The number of aryl methyl sites for hydroxylation is 2. The molecule has 13 atom stereocenters. The maximum Gasteiger partial charge on any atom is 0.339 e. The number of carbonyl (C=O) groups excluding carboxylic acids is 2. The number of hydrogen-bond donors (Lipinski definition) is 1. The van der Waals surface area contributed by atoms with E-state index >= 15 is 4.79 Å². The quantitative estimate of drug-likeness (QED) is 0.245. The zero-order valence-corrected chi connectivity index (χ0v) is 35.9. The summed E-state index contributed by atoms with van der Waals surface area (Å²) in [5.74, 6) is 3.59. The van der Waals surface area contributed by atoms with Gasteiger partial charge in [0.1, 0.15) is 11.2 Å². The first-order chi connectivity index (χ1) is 29.3.